The van der Waals surface area contributed by atoms with Gasteiger partial charge in [-0.25, -0.2) is 14.8 Å². The zero-order valence-electron chi connectivity index (χ0n) is 19.8. The number of carbonyl (C=O) groups excluding carboxylic acids is 2. The molecule has 1 aliphatic heterocycles. The Morgan fingerprint density at radius 2 is 1.89 bits per heavy atom. The van der Waals surface area contributed by atoms with E-state index in [9.17, 15) is 9.59 Å². The number of amides is 2. The molecule has 1 unspecified atom stereocenters. The lowest BCUT2D eigenvalue weighted by molar-refractivity contribution is 0.0989. The molecule has 0 radical (unpaired) electrons. The third-order valence-corrected chi connectivity index (χ3v) is 6.20. The summed E-state index contributed by atoms with van der Waals surface area (Å²) in [6.07, 6.45) is 2.57. The number of rotatable bonds is 7. The summed E-state index contributed by atoms with van der Waals surface area (Å²) < 4.78 is 10.9. The lowest BCUT2D eigenvalue weighted by Crippen LogP contribution is -2.33. The number of carbonyl (C=O) groups is 2. The zero-order chi connectivity index (χ0) is 24.8. The van der Waals surface area contributed by atoms with Gasteiger partial charge in [0.25, 0.3) is 5.91 Å². The highest BCUT2D eigenvalue weighted by molar-refractivity contribution is 7.98. The fraction of sp³-hybridized carbons (Fsp3) is 0.280. The third kappa shape index (κ3) is 5.65. The number of anilines is 2. The predicted octanol–water partition coefficient (Wildman–Crippen LogP) is 3.77. The van der Waals surface area contributed by atoms with Crippen LogP contribution in [-0.4, -0.2) is 62.0 Å². The molecule has 0 aliphatic carbocycles. The Morgan fingerprint density at radius 1 is 1.14 bits per heavy atom. The number of hydrogen-bond donors (Lipinski definition) is 1. The smallest absolute Gasteiger partial charge is 0.406 e. The van der Waals surface area contributed by atoms with Crippen molar-refractivity contribution in [2.75, 3.05) is 49.8 Å². The first kappa shape index (κ1) is 24.3. The van der Waals surface area contributed by atoms with Crippen molar-refractivity contribution in [2.24, 2.45) is 0 Å². The van der Waals surface area contributed by atoms with Crippen molar-refractivity contribution in [1.82, 2.24) is 15.3 Å². The van der Waals surface area contributed by atoms with Gasteiger partial charge in [0.2, 0.25) is 0 Å². The van der Waals surface area contributed by atoms with Gasteiger partial charge in [-0.05, 0) is 36.1 Å². The molecule has 4 rings (SSSR count). The normalized spacial score (nSPS) is 14.1. The van der Waals surface area contributed by atoms with Gasteiger partial charge < -0.3 is 24.6 Å². The highest BCUT2D eigenvalue weighted by Crippen LogP contribution is 2.29. The number of hydrogen-bond acceptors (Lipinski definition) is 8. The average Bonchev–Trinajstić information content (AvgIpc) is 3.03. The molecule has 0 saturated heterocycles. The van der Waals surface area contributed by atoms with Crippen molar-refractivity contribution < 1.29 is 19.1 Å². The largest absolute Gasteiger partial charge is 0.484 e. The van der Waals surface area contributed by atoms with Crippen LogP contribution in [0.2, 0.25) is 0 Å². The Hall–Kier alpha value is -3.79. The minimum absolute atomic E-state index is 0.143. The molecule has 0 bridgehead atoms. The van der Waals surface area contributed by atoms with Crippen LogP contribution >= 0.6 is 11.8 Å². The van der Waals surface area contributed by atoms with Crippen LogP contribution in [0.3, 0.4) is 0 Å². The maximum atomic E-state index is 13.3. The second kappa shape index (κ2) is 11.1. The van der Waals surface area contributed by atoms with Gasteiger partial charge in [0, 0.05) is 32.0 Å². The molecule has 3 aromatic rings. The maximum absolute atomic E-state index is 13.3. The fourth-order valence-electron chi connectivity index (χ4n) is 3.76. The first-order valence-electron chi connectivity index (χ1n) is 11.1. The molecule has 10 heteroatoms. The molecule has 0 fully saturated rings. The molecule has 2 amide bonds. The van der Waals surface area contributed by atoms with E-state index in [2.05, 4.69) is 20.0 Å². The molecule has 1 N–H and O–H groups in total. The molecule has 0 spiro atoms. The average molecular weight is 494 g/mol. The van der Waals surface area contributed by atoms with Crippen LogP contribution in [0.5, 0.6) is 5.75 Å². The summed E-state index contributed by atoms with van der Waals surface area (Å²) in [6.45, 7) is 1.39. The number of nitrogens with one attached hydrogen (secondary N) is 1. The van der Waals surface area contributed by atoms with Crippen LogP contribution < -0.4 is 19.9 Å². The molecule has 182 valence electrons. The van der Waals surface area contributed by atoms with E-state index in [1.54, 1.807) is 11.1 Å². The molecule has 35 heavy (non-hydrogen) atoms. The monoisotopic (exact) mass is 493 g/mol. The summed E-state index contributed by atoms with van der Waals surface area (Å²) in [7, 11) is 3.25. The van der Waals surface area contributed by atoms with Crippen LogP contribution in [-0.2, 0) is 4.74 Å². The van der Waals surface area contributed by atoms with Crippen molar-refractivity contribution in [2.45, 2.75) is 11.3 Å². The van der Waals surface area contributed by atoms with E-state index in [0.717, 1.165) is 11.3 Å². The minimum Gasteiger partial charge on any atom is -0.484 e. The van der Waals surface area contributed by atoms with Crippen LogP contribution in [0.4, 0.5) is 16.3 Å². The summed E-state index contributed by atoms with van der Waals surface area (Å²) in [5.41, 5.74) is 2.14. The van der Waals surface area contributed by atoms with Crippen molar-refractivity contribution in [3.8, 4) is 5.75 Å². The lowest BCUT2D eigenvalue weighted by atomic mass is 10.1. The SMILES string of the molecule is COC(=O)NCC(Oc1ccc(N2CCN(C)c3nc(SC)ncc3C2=O)cc1)c1ccccc1. The van der Waals surface area contributed by atoms with Gasteiger partial charge in [-0.2, -0.15) is 0 Å². The maximum Gasteiger partial charge on any atom is 0.406 e. The van der Waals surface area contributed by atoms with Gasteiger partial charge in [-0.1, -0.05) is 42.1 Å². The number of thioether (sulfide) groups is 1. The molecule has 1 atom stereocenters. The van der Waals surface area contributed by atoms with E-state index in [1.165, 1.54) is 18.9 Å². The van der Waals surface area contributed by atoms with Crippen molar-refractivity contribution in [3.63, 3.8) is 0 Å². The van der Waals surface area contributed by atoms with Crippen molar-refractivity contribution >= 4 is 35.3 Å². The molecule has 1 aromatic heterocycles. The summed E-state index contributed by atoms with van der Waals surface area (Å²) in [6, 6.07) is 17.0. The van der Waals surface area contributed by atoms with Crippen LogP contribution in [0.25, 0.3) is 0 Å². The van der Waals surface area contributed by atoms with Crippen molar-refractivity contribution in [3.05, 3.63) is 71.9 Å². The lowest BCUT2D eigenvalue weighted by Gasteiger charge is -2.23. The molecule has 1 aliphatic rings. The summed E-state index contributed by atoms with van der Waals surface area (Å²) in [5, 5.41) is 3.32. The summed E-state index contributed by atoms with van der Waals surface area (Å²) in [5.74, 6) is 1.11. The third-order valence-electron chi connectivity index (χ3n) is 5.64. The standard InChI is InChI=1S/C25H27N5O4S/c1-29-13-14-30(23(31)20-15-26-24(35-3)28-22(20)29)18-9-11-19(12-10-18)34-21(16-27-25(32)33-2)17-7-5-4-6-8-17/h4-12,15,21H,13-14,16H2,1-3H3,(H,27,32). The first-order valence-corrected chi connectivity index (χ1v) is 12.3. The molecule has 2 heterocycles. The number of alkyl carbamates (subject to hydrolysis) is 1. The van der Waals surface area contributed by atoms with Gasteiger partial charge in [0.05, 0.1) is 13.7 Å². The van der Waals surface area contributed by atoms with Crippen molar-refractivity contribution in [1.29, 1.82) is 0 Å². The van der Waals surface area contributed by atoms with E-state index < -0.39 is 12.2 Å². The summed E-state index contributed by atoms with van der Waals surface area (Å²) >= 11 is 1.44. The second-order valence-electron chi connectivity index (χ2n) is 7.86. The Bertz CT molecular complexity index is 1180. The Kier molecular flexibility index (Phi) is 7.71. The number of methoxy groups -OCH3 is 1. The van der Waals surface area contributed by atoms with E-state index in [0.29, 0.717) is 35.4 Å². The molecular weight excluding hydrogens is 466 g/mol. The topological polar surface area (TPSA) is 96.9 Å². The van der Waals surface area contributed by atoms with E-state index in [-0.39, 0.29) is 12.5 Å². The minimum atomic E-state index is -0.525. The highest BCUT2D eigenvalue weighted by Gasteiger charge is 2.28. The van der Waals surface area contributed by atoms with E-state index in [4.69, 9.17) is 4.74 Å². The van der Waals surface area contributed by atoms with Gasteiger partial charge in [0.1, 0.15) is 23.2 Å². The van der Waals surface area contributed by atoms with Crippen LogP contribution in [0.1, 0.15) is 22.0 Å². The molecule has 2 aromatic carbocycles. The fourth-order valence-corrected chi connectivity index (χ4v) is 4.09. The predicted molar refractivity (Wildman–Crippen MR) is 135 cm³/mol. The quantitative estimate of drug-likeness (QED) is 0.393. The number of nitrogens with zero attached hydrogens (tertiary/aromatic N) is 4. The van der Waals surface area contributed by atoms with Gasteiger partial charge >= 0.3 is 6.09 Å². The van der Waals surface area contributed by atoms with E-state index >= 15 is 0 Å². The van der Waals surface area contributed by atoms with Gasteiger partial charge in [-0.3, -0.25) is 4.79 Å². The summed E-state index contributed by atoms with van der Waals surface area (Å²) in [4.78, 5) is 37.5. The number of fused-ring (bicyclic) bond motifs is 1. The number of likely N-dealkylation sites (N-methyl/N-ethyl adjacent to an activating group) is 1. The molecule has 9 nitrogen and oxygen atoms in total. The second-order valence-corrected chi connectivity index (χ2v) is 8.63. The van der Waals surface area contributed by atoms with E-state index in [1.807, 2.05) is 72.8 Å². The zero-order valence-corrected chi connectivity index (χ0v) is 20.6. The molecule has 0 saturated carbocycles. The molecular formula is C25H27N5O4S. The van der Waals surface area contributed by atoms with Crippen LogP contribution in [0.15, 0.2) is 66.0 Å². The first-order chi connectivity index (χ1) is 17.0. The Morgan fingerprint density at radius 3 is 2.57 bits per heavy atom. The number of ether oxygens (including phenoxy) is 2. The Labute approximate surface area is 208 Å². The number of aromatic nitrogens is 2. The van der Waals surface area contributed by atoms with Gasteiger partial charge in [0.15, 0.2) is 5.16 Å². The highest BCUT2D eigenvalue weighted by atomic mass is 32.2. The number of benzene rings is 2. The Balaban J connectivity index is 1.53. The van der Waals surface area contributed by atoms with Gasteiger partial charge in [-0.15, -0.1) is 0 Å². The van der Waals surface area contributed by atoms with Crippen LogP contribution in [0, 0.1) is 0 Å².